The van der Waals surface area contributed by atoms with Crippen molar-refractivity contribution in [3.63, 3.8) is 0 Å². The second kappa shape index (κ2) is 15.0. The van der Waals surface area contributed by atoms with Crippen molar-refractivity contribution >= 4 is 5.97 Å². The lowest BCUT2D eigenvalue weighted by Gasteiger charge is -2.20. The van der Waals surface area contributed by atoms with Gasteiger partial charge in [-0.15, -0.1) is 0 Å². The summed E-state index contributed by atoms with van der Waals surface area (Å²) >= 11 is 0. The fourth-order valence-electron chi connectivity index (χ4n) is 3.86. The van der Waals surface area contributed by atoms with Crippen LogP contribution >= 0.6 is 0 Å². The van der Waals surface area contributed by atoms with Crippen LogP contribution in [0.4, 0.5) is 0 Å². The van der Waals surface area contributed by atoms with E-state index in [0.717, 1.165) is 77.0 Å². The third-order valence-corrected chi connectivity index (χ3v) is 5.62. The number of hydrogen-bond donors (Lipinski definition) is 3. The summed E-state index contributed by atoms with van der Waals surface area (Å²) < 4.78 is 5.87. The summed E-state index contributed by atoms with van der Waals surface area (Å²) in [4.78, 5) is 12.2. The lowest BCUT2D eigenvalue weighted by atomic mass is 9.91. The van der Waals surface area contributed by atoms with Gasteiger partial charge in [0.25, 0.3) is 0 Å². The molecule has 0 unspecified atom stereocenters. The van der Waals surface area contributed by atoms with E-state index in [0.29, 0.717) is 30.6 Å². The minimum Gasteiger partial charge on any atom is -0.504 e. The molecule has 0 saturated carbocycles. The number of benzene rings is 1. The molecule has 1 rings (SSSR count). The number of carbonyl (C=O) groups is 1. The van der Waals surface area contributed by atoms with Crippen LogP contribution in [-0.4, -0.2) is 27.9 Å². The molecule has 0 aromatic heterocycles. The van der Waals surface area contributed by atoms with Crippen molar-refractivity contribution in [3.8, 4) is 17.2 Å². The van der Waals surface area contributed by atoms with E-state index in [1.54, 1.807) is 0 Å². The first-order chi connectivity index (χ1) is 14.5. The second-order valence-corrected chi connectivity index (χ2v) is 8.19. The van der Waals surface area contributed by atoms with Gasteiger partial charge in [-0.2, -0.15) is 0 Å². The molecule has 3 N–H and O–H groups in total. The molecule has 1 aromatic rings. The zero-order chi connectivity index (χ0) is 22.4. The van der Waals surface area contributed by atoms with Crippen LogP contribution < -0.4 is 4.74 Å². The monoisotopic (exact) mass is 422 g/mol. The fourth-order valence-corrected chi connectivity index (χ4v) is 3.86. The van der Waals surface area contributed by atoms with Crippen LogP contribution in [0.5, 0.6) is 17.2 Å². The number of rotatable bonds is 17. The van der Waals surface area contributed by atoms with E-state index in [4.69, 9.17) is 4.74 Å². The zero-order valence-electron chi connectivity index (χ0n) is 19.3. The number of unbranched alkanes of at least 4 members (excludes halogenated alkanes) is 9. The maximum atomic E-state index is 12.2. The van der Waals surface area contributed by atoms with Crippen molar-refractivity contribution in [2.75, 3.05) is 6.61 Å². The number of ether oxygens (including phenoxy) is 1. The molecule has 0 aliphatic rings. The van der Waals surface area contributed by atoms with E-state index < -0.39 is 5.97 Å². The van der Waals surface area contributed by atoms with Gasteiger partial charge in [-0.05, 0) is 32.1 Å². The minimum atomic E-state index is -1.06. The number of carboxylic acid groups (broad SMARTS) is 1. The Hall–Kier alpha value is -1.91. The summed E-state index contributed by atoms with van der Waals surface area (Å²) in [5, 5.41) is 31.3. The number of aromatic hydroxyl groups is 2. The maximum absolute atomic E-state index is 12.2. The van der Waals surface area contributed by atoms with Crippen LogP contribution in [0.2, 0.25) is 0 Å². The van der Waals surface area contributed by atoms with E-state index >= 15 is 0 Å². The normalized spacial score (nSPS) is 11.0. The van der Waals surface area contributed by atoms with Gasteiger partial charge < -0.3 is 20.1 Å². The Morgan fingerprint density at radius 3 is 1.70 bits per heavy atom. The number of phenols is 2. The molecule has 5 nitrogen and oxygen atoms in total. The third kappa shape index (κ3) is 8.08. The average molecular weight is 423 g/mol. The molecule has 0 atom stereocenters. The standard InChI is InChI=1S/C25H42O5/c1-4-7-10-13-16-19-21(25(28)29)20(17-14-11-8-5-2)24(23(27)22(19)26)30-18-15-12-9-6-3/h26-27H,4-18H2,1-3H3,(H,28,29). The van der Waals surface area contributed by atoms with Crippen molar-refractivity contribution in [1.29, 1.82) is 0 Å². The van der Waals surface area contributed by atoms with Crippen molar-refractivity contribution in [2.45, 2.75) is 111 Å². The summed E-state index contributed by atoms with van der Waals surface area (Å²) in [5.74, 6) is -1.52. The minimum absolute atomic E-state index is 0.127. The van der Waals surface area contributed by atoms with Gasteiger partial charge in [-0.25, -0.2) is 4.79 Å². The van der Waals surface area contributed by atoms with Gasteiger partial charge in [0.05, 0.1) is 12.2 Å². The molecule has 172 valence electrons. The zero-order valence-corrected chi connectivity index (χ0v) is 19.3. The molecular weight excluding hydrogens is 380 g/mol. The van der Waals surface area contributed by atoms with Gasteiger partial charge >= 0.3 is 5.97 Å². The number of phenolic OH excluding ortho intramolecular Hbond substituents is 2. The lowest BCUT2D eigenvalue weighted by molar-refractivity contribution is 0.0693. The van der Waals surface area contributed by atoms with Crippen LogP contribution in [0.3, 0.4) is 0 Å². The van der Waals surface area contributed by atoms with E-state index in [1.165, 1.54) is 0 Å². The Kier molecular flexibility index (Phi) is 13.0. The van der Waals surface area contributed by atoms with Gasteiger partial charge in [0, 0.05) is 11.1 Å². The van der Waals surface area contributed by atoms with Crippen molar-refractivity contribution in [1.82, 2.24) is 0 Å². The maximum Gasteiger partial charge on any atom is 0.336 e. The van der Waals surface area contributed by atoms with Gasteiger partial charge in [0.1, 0.15) is 0 Å². The molecule has 0 saturated heterocycles. The number of carboxylic acids is 1. The molecule has 0 radical (unpaired) electrons. The highest BCUT2D eigenvalue weighted by Gasteiger charge is 2.28. The molecule has 0 spiro atoms. The van der Waals surface area contributed by atoms with Crippen molar-refractivity contribution < 1.29 is 24.9 Å². The molecule has 30 heavy (non-hydrogen) atoms. The quantitative estimate of drug-likeness (QED) is 0.186. The Bertz CT molecular complexity index is 639. The Morgan fingerprint density at radius 1 is 0.700 bits per heavy atom. The van der Waals surface area contributed by atoms with Crippen molar-refractivity contribution in [2.24, 2.45) is 0 Å². The number of aromatic carboxylic acids is 1. The summed E-state index contributed by atoms with van der Waals surface area (Å²) in [6.07, 6.45) is 13.0. The Balaban J connectivity index is 3.23. The van der Waals surface area contributed by atoms with Crippen LogP contribution in [0.25, 0.3) is 0 Å². The molecule has 0 bridgehead atoms. The van der Waals surface area contributed by atoms with Crippen molar-refractivity contribution in [3.05, 3.63) is 16.7 Å². The lowest BCUT2D eigenvalue weighted by Crippen LogP contribution is -2.12. The molecule has 0 fully saturated rings. The highest BCUT2D eigenvalue weighted by Crippen LogP contribution is 2.45. The van der Waals surface area contributed by atoms with Crippen LogP contribution in [0.15, 0.2) is 0 Å². The predicted molar refractivity (Wildman–Crippen MR) is 122 cm³/mol. The third-order valence-electron chi connectivity index (χ3n) is 5.62. The van der Waals surface area contributed by atoms with E-state index in [1.807, 2.05) is 0 Å². The van der Waals surface area contributed by atoms with Crippen LogP contribution in [0, 0.1) is 0 Å². The van der Waals surface area contributed by atoms with Crippen LogP contribution in [0.1, 0.15) is 119 Å². The molecule has 0 aliphatic carbocycles. The van der Waals surface area contributed by atoms with Gasteiger partial charge in [-0.1, -0.05) is 78.6 Å². The highest BCUT2D eigenvalue weighted by molar-refractivity contribution is 5.94. The highest BCUT2D eigenvalue weighted by atomic mass is 16.5. The number of hydrogen-bond acceptors (Lipinski definition) is 4. The molecule has 5 heteroatoms. The topological polar surface area (TPSA) is 87.0 Å². The summed E-state index contributed by atoms with van der Waals surface area (Å²) in [6, 6.07) is 0. The summed E-state index contributed by atoms with van der Waals surface area (Å²) in [5.41, 5.74) is 1.01. The molecule has 0 heterocycles. The molecule has 0 amide bonds. The molecule has 1 aromatic carbocycles. The van der Waals surface area contributed by atoms with E-state index in [9.17, 15) is 20.1 Å². The largest absolute Gasteiger partial charge is 0.504 e. The Morgan fingerprint density at radius 2 is 1.20 bits per heavy atom. The van der Waals surface area contributed by atoms with Gasteiger partial charge in [-0.3, -0.25) is 0 Å². The second-order valence-electron chi connectivity index (χ2n) is 8.19. The van der Waals surface area contributed by atoms with Crippen LogP contribution in [-0.2, 0) is 12.8 Å². The first kappa shape index (κ1) is 26.1. The molecule has 0 aliphatic heterocycles. The summed E-state index contributed by atoms with van der Waals surface area (Å²) in [6.45, 7) is 6.79. The van der Waals surface area contributed by atoms with E-state index in [-0.39, 0.29) is 22.8 Å². The smallest absolute Gasteiger partial charge is 0.336 e. The van der Waals surface area contributed by atoms with Gasteiger partial charge in [0.2, 0.25) is 5.75 Å². The van der Waals surface area contributed by atoms with E-state index in [2.05, 4.69) is 20.8 Å². The predicted octanol–water partition coefficient (Wildman–Crippen LogP) is 7.00. The first-order valence-electron chi connectivity index (χ1n) is 11.9. The molecular formula is C25H42O5. The summed E-state index contributed by atoms with van der Waals surface area (Å²) in [7, 11) is 0. The SMILES string of the molecule is CCCCCCOc1c(O)c(O)c(CCCCCC)c(C(=O)O)c1CCCCCC. The first-order valence-corrected chi connectivity index (χ1v) is 11.9. The van der Waals surface area contributed by atoms with Gasteiger partial charge in [0.15, 0.2) is 11.5 Å². The Labute approximate surface area is 182 Å². The fraction of sp³-hybridized carbons (Fsp3) is 0.720. The average Bonchev–Trinajstić information content (AvgIpc) is 2.72.